The fourth-order valence-corrected chi connectivity index (χ4v) is 6.94. The van der Waals surface area contributed by atoms with Crippen molar-refractivity contribution >= 4 is 23.6 Å². The summed E-state index contributed by atoms with van der Waals surface area (Å²) in [6, 6.07) is 46.2. The van der Waals surface area contributed by atoms with Crippen LogP contribution in [0.15, 0.2) is 152 Å². The Balaban J connectivity index is 1.32. The third-order valence-corrected chi connectivity index (χ3v) is 9.54. The van der Waals surface area contributed by atoms with Gasteiger partial charge in [-0.25, -0.2) is 9.78 Å². The fourth-order valence-electron chi connectivity index (χ4n) is 6.46. The van der Waals surface area contributed by atoms with Gasteiger partial charge in [0.1, 0.15) is 11.6 Å². The monoisotopic (exact) mass is 665 g/mol. The Morgan fingerprint density at radius 1 is 0.776 bits per heavy atom. The van der Waals surface area contributed by atoms with Crippen LogP contribution in [0.4, 0.5) is 0 Å². The average molecular weight is 666 g/mol. The van der Waals surface area contributed by atoms with Gasteiger partial charge in [0.25, 0.3) is 5.91 Å². The molecule has 0 unspecified atom stereocenters. The summed E-state index contributed by atoms with van der Waals surface area (Å²) in [4.78, 5) is 30.3. The largest absolute Gasteiger partial charge is 0.480 e. The van der Waals surface area contributed by atoms with Crippen molar-refractivity contribution in [1.82, 2.24) is 14.9 Å². The Bertz CT molecular complexity index is 1880. The number of hydrogen-bond donors (Lipinski definition) is 2. The maximum atomic E-state index is 13.5. The SMILES string of the molecule is CSCC[C@H](NC(=O)c1ccc(CCc2cn(C(c3ccccc3)(c3ccccc3)c3ccccc3)cn2)cc1-c1ccccc1)C(=O)O. The summed E-state index contributed by atoms with van der Waals surface area (Å²) in [7, 11) is 0. The first kappa shape index (κ1) is 33.5. The molecule has 6 aromatic rings. The smallest absolute Gasteiger partial charge is 0.326 e. The molecule has 6 rings (SSSR count). The van der Waals surface area contributed by atoms with E-state index in [-0.39, 0.29) is 0 Å². The number of aromatic nitrogens is 2. The van der Waals surface area contributed by atoms with Gasteiger partial charge in [0.15, 0.2) is 0 Å². The highest BCUT2D eigenvalue weighted by molar-refractivity contribution is 7.98. The minimum atomic E-state index is -1.03. The molecule has 5 aromatic carbocycles. The molecule has 6 nitrogen and oxygen atoms in total. The van der Waals surface area contributed by atoms with Gasteiger partial charge in [0.05, 0.1) is 12.0 Å². The van der Waals surface area contributed by atoms with Crippen LogP contribution in [0, 0.1) is 0 Å². The number of thioether (sulfide) groups is 1. The van der Waals surface area contributed by atoms with Crippen molar-refractivity contribution in [2.45, 2.75) is 30.8 Å². The van der Waals surface area contributed by atoms with Gasteiger partial charge in [-0.1, -0.05) is 133 Å². The van der Waals surface area contributed by atoms with Crippen molar-refractivity contribution < 1.29 is 14.7 Å². The summed E-state index contributed by atoms with van der Waals surface area (Å²) < 4.78 is 2.22. The fraction of sp³-hybridized carbons (Fsp3) is 0.167. The number of aryl methyl sites for hydroxylation is 2. The molecule has 0 saturated carbocycles. The molecular weight excluding hydrogens is 627 g/mol. The summed E-state index contributed by atoms with van der Waals surface area (Å²) in [5.41, 5.74) is 6.90. The summed E-state index contributed by atoms with van der Waals surface area (Å²) in [6.07, 6.45) is 7.75. The number of carboxylic acid groups (broad SMARTS) is 1. The van der Waals surface area contributed by atoms with E-state index in [0.717, 1.165) is 39.1 Å². The highest BCUT2D eigenvalue weighted by Gasteiger charge is 2.38. The summed E-state index contributed by atoms with van der Waals surface area (Å²) in [5.74, 6) is -0.784. The maximum absolute atomic E-state index is 13.5. The molecule has 1 amide bonds. The Kier molecular flexibility index (Phi) is 10.7. The first-order chi connectivity index (χ1) is 24.0. The van der Waals surface area contributed by atoms with Gasteiger partial charge in [0, 0.05) is 11.8 Å². The second-order valence-corrected chi connectivity index (χ2v) is 13.0. The lowest BCUT2D eigenvalue weighted by Gasteiger charge is -2.37. The van der Waals surface area contributed by atoms with E-state index in [4.69, 9.17) is 4.98 Å². The van der Waals surface area contributed by atoms with Crippen LogP contribution < -0.4 is 5.32 Å². The molecule has 0 aliphatic rings. The van der Waals surface area contributed by atoms with Crippen LogP contribution in [0.5, 0.6) is 0 Å². The van der Waals surface area contributed by atoms with E-state index in [1.54, 1.807) is 11.8 Å². The molecule has 7 heteroatoms. The third kappa shape index (κ3) is 7.37. The Morgan fingerprint density at radius 2 is 1.33 bits per heavy atom. The van der Waals surface area contributed by atoms with E-state index in [2.05, 4.69) is 88.9 Å². The highest BCUT2D eigenvalue weighted by Crippen LogP contribution is 2.41. The molecule has 0 bridgehead atoms. The molecule has 0 spiro atoms. The minimum absolute atomic E-state index is 0.355. The zero-order valence-corrected chi connectivity index (χ0v) is 28.2. The van der Waals surface area contributed by atoms with Crippen LogP contribution in [0.2, 0.25) is 0 Å². The van der Waals surface area contributed by atoms with Gasteiger partial charge in [-0.3, -0.25) is 4.79 Å². The normalized spacial score (nSPS) is 11.9. The molecule has 0 aliphatic heterocycles. The van der Waals surface area contributed by atoms with Gasteiger partial charge in [-0.2, -0.15) is 11.8 Å². The zero-order chi connectivity index (χ0) is 34.1. The molecule has 2 N–H and O–H groups in total. The average Bonchev–Trinajstić information content (AvgIpc) is 3.63. The minimum Gasteiger partial charge on any atom is -0.480 e. The van der Waals surface area contributed by atoms with Crippen LogP contribution in [0.25, 0.3) is 11.1 Å². The van der Waals surface area contributed by atoms with Gasteiger partial charge < -0.3 is 15.0 Å². The number of nitrogens with one attached hydrogen (secondary N) is 1. The van der Waals surface area contributed by atoms with E-state index in [1.165, 1.54) is 0 Å². The predicted octanol–water partition coefficient (Wildman–Crippen LogP) is 8.11. The van der Waals surface area contributed by atoms with Gasteiger partial charge in [0.2, 0.25) is 0 Å². The van der Waals surface area contributed by atoms with Gasteiger partial charge in [-0.15, -0.1) is 0 Å². The first-order valence-corrected chi connectivity index (χ1v) is 17.8. The third-order valence-electron chi connectivity index (χ3n) is 8.90. The number of aliphatic carboxylic acids is 1. The Labute approximate surface area is 291 Å². The molecule has 1 aromatic heterocycles. The lowest BCUT2D eigenvalue weighted by atomic mass is 9.77. The van der Waals surface area contributed by atoms with Gasteiger partial charge in [-0.05, 0) is 70.7 Å². The molecule has 1 heterocycles. The van der Waals surface area contributed by atoms with E-state index >= 15 is 0 Å². The zero-order valence-electron chi connectivity index (χ0n) is 27.4. The van der Waals surface area contributed by atoms with Crippen molar-refractivity contribution in [3.63, 3.8) is 0 Å². The topological polar surface area (TPSA) is 84.2 Å². The van der Waals surface area contributed by atoms with Crippen molar-refractivity contribution in [2.75, 3.05) is 12.0 Å². The lowest BCUT2D eigenvalue weighted by Crippen LogP contribution is -2.41. The van der Waals surface area contributed by atoms with Crippen LogP contribution in [-0.2, 0) is 23.2 Å². The standard InChI is InChI=1S/C42H39N3O3S/c1-49-27-26-39(41(47)48)44-40(46)37-25-23-31(28-38(37)32-14-6-2-7-15-32)22-24-36-29-45(30-43-36)42(33-16-8-3-9-17-33,34-18-10-4-11-19-34)35-20-12-5-13-21-35/h2-21,23,25,28-30,39H,22,24,26-27H2,1H3,(H,44,46)(H,47,48)/t39-/m0/s1. The van der Waals surface area contributed by atoms with Crippen molar-refractivity contribution in [3.05, 3.63) is 186 Å². The predicted molar refractivity (Wildman–Crippen MR) is 198 cm³/mol. The first-order valence-electron chi connectivity index (χ1n) is 16.4. The molecule has 1 atom stereocenters. The number of nitrogens with zero attached hydrogens (tertiary/aromatic N) is 2. The van der Waals surface area contributed by atoms with Crippen molar-refractivity contribution in [3.8, 4) is 11.1 Å². The Hall–Kier alpha value is -5.40. The number of carbonyl (C=O) groups excluding carboxylic acids is 1. The molecular formula is C42H39N3O3S. The lowest BCUT2D eigenvalue weighted by molar-refractivity contribution is -0.139. The van der Waals surface area contributed by atoms with Gasteiger partial charge >= 0.3 is 5.97 Å². The number of carbonyl (C=O) groups is 2. The molecule has 0 saturated heterocycles. The van der Waals surface area contributed by atoms with Crippen LogP contribution >= 0.6 is 11.8 Å². The number of amides is 1. The Morgan fingerprint density at radius 3 is 1.86 bits per heavy atom. The molecule has 0 fully saturated rings. The molecule has 49 heavy (non-hydrogen) atoms. The van der Waals surface area contributed by atoms with Crippen LogP contribution in [-0.4, -0.2) is 44.6 Å². The van der Waals surface area contributed by atoms with Crippen LogP contribution in [0.3, 0.4) is 0 Å². The summed E-state index contributed by atoms with van der Waals surface area (Å²) >= 11 is 1.55. The van der Waals surface area contributed by atoms with E-state index < -0.39 is 23.5 Å². The van der Waals surface area contributed by atoms with Crippen LogP contribution in [0.1, 0.15) is 44.7 Å². The number of hydrogen-bond acceptors (Lipinski definition) is 4. The number of rotatable bonds is 14. The second-order valence-electron chi connectivity index (χ2n) is 12.0. The second kappa shape index (κ2) is 15.7. The summed E-state index contributed by atoms with van der Waals surface area (Å²) in [6.45, 7) is 0. The van der Waals surface area contributed by atoms with E-state index in [0.29, 0.717) is 30.6 Å². The van der Waals surface area contributed by atoms with E-state index in [1.807, 2.05) is 79.3 Å². The maximum Gasteiger partial charge on any atom is 0.326 e. The summed E-state index contributed by atoms with van der Waals surface area (Å²) in [5, 5.41) is 12.5. The number of imidazole rings is 1. The molecule has 0 radical (unpaired) electrons. The van der Waals surface area contributed by atoms with E-state index in [9.17, 15) is 14.7 Å². The number of carboxylic acids is 1. The van der Waals surface area contributed by atoms with Crippen molar-refractivity contribution in [2.24, 2.45) is 0 Å². The molecule has 0 aliphatic carbocycles. The molecule has 246 valence electrons. The quantitative estimate of drug-likeness (QED) is 0.115. The number of benzene rings is 5. The van der Waals surface area contributed by atoms with Crippen molar-refractivity contribution in [1.29, 1.82) is 0 Å². The highest BCUT2D eigenvalue weighted by atomic mass is 32.2.